The summed E-state index contributed by atoms with van der Waals surface area (Å²) in [6.07, 6.45) is 3.36. The highest BCUT2D eigenvalue weighted by atomic mass is 16.4. The van der Waals surface area contributed by atoms with E-state index in [0.29, 0.717) is 6.42 Å². The van der Waals surface area contributed by atoms with Crippen LogP contribution in [-0.4, -0.2) is 33.2 Å². The fourth-order valence-electron chi connectivity index (χ4n) is 4.26. The molecule has 0 aromatic heterocycles. The Morgan fingerprint density at radius 2 is 2.15 bits per heavy atom. The summed E-state index contributed by atoms with van der Waals surface area (Å²) in [5.41, 5.74) is 2.56. The zero-order valence-electron chi connectivity index (χ0n) is 11.7. The first kappa shape index (κ1) is 13.2. The quantitative estimate of drug-likeness (QED) is 0.405. The van der Waals surface area contributed by atoms with Gasteiger partial charge >= 0.3 is 6.09 Å². The van der Waals surface area contributed by atoms with Gasteiger partial charge in [-0.05, 0) is 36.7 Å². The Hall–Kier alpha value is -1.78. The van der Waals surface area contributed by atoms with Crippen LogP contribution in [-0.2, 0) is 4.79 Å². The molecule has 0 saturated carbocycles. The number of hydrogen-bond donors (Lipinski definition) is 2. The lowest BCUT2D eigenvalue weighted by atomic mass is 9.72. The number of likely N-dealkylation sites (tertiary alicyclic amines) is 1. The summed E-state index contributed by atoms with van der Waals surface area (Å²) in [5.74, 6) is -0.770. The average Bonchev–Trinajstić information content (AvgIpc) is 2.81. The van der Waals surface area contributed by atoms with Crippen LogP contribution in [0.4, 0.5) is 4.79 Å². The second-order valence-electron chi connectivity index (χ2n) is 6.55. The SMILES string of the molecule is CC1(C)CCCC2=C1[C@@H]1[C@H](C2)C(=CO)C(=O)N1C(=O)O. The Balaban J connectivity index is 2.13. The highest BCUT2D eigenvalue weighted by molar-refractivity contribution is 6.06. The van der Waals surface area contributed by atoms with Crippen molar-refractivity contribution in [3.8, 4) is 0 Å². The Morgan fingerprint density at radius 3 is 2.75 bits per heavy atom. The zero-order valence-corrected chi connectivity index (χ0v) is 11.7. The first-order valence-corrected chi connectivity index (χ1v) is 7.01. The molecule has 108 valence electrons. The summed E-state index contributed by atoms with van der Waals surface area (Å²) in [5, 5.41) is 18.7. The second-order valence-corrected chi connectivity index (χ2v) is 6.55. The molecular formula is C15H19NO4. The van der Waals surface area contributed by atoms with Gasteiger partial charge in [-0.3, -0.25) is 4.79 Å². The number of aliphatic hydroxyl groups excluding tert-OH is 1. The lowest BCUT2D eigenvalue weighted by Gasteiger charge is -2.37. The van der Waals surface area contributed by atoms with Crippen LogP contribution in [0.1, 0.15) is 39.5 Å². The molecule has 0 unspecified atom stereocenters. The predicted molar refractivity (Wildman–Crippen MR) is 72.1 cm³/mol. The molecule has 1 heterocycles. The third-order valence-electron chi connectivity index (χ3n) is 5.02. The molecule has 2 amide bonds. The third-order valence-corrected chi connectivity index (χ3v) is 5.02. The van der Waals surface area contributed by atoms with Crippen LogP contribution in [0, 0.1) is 11.3 Å². The molecule has 0 radical (unpaired) electrons. The van der Waals surface area contributed by atoms with Crippen molar-refractivity contribution in [1.29, 1.82) is 0 Å². The summed E-state index contributed by atoms with van der Waals surface area (Å²) < 4.78 is 0. The van der Waals surface area contributed by atoms with E-state index in [0.717, 1.165) is 36.0 Å². The minimum Gasteiger partial charge on any atom is -0.515 e. The number of carbonyl (C=O) groups is 2. The van der Waals surface area contributed by atoms with Crippen LogP contribution in [0.15, 0.2) is 23.0 Å². The van der Waals surface area contributed by atoms with Crippen molar-refractivity contribution in [2.75, 3.05) is 0 Å². The van der Waals surface area contributed by atoms with Crippen LogP contribution in [0.3, 0.4) is 0 Å². The molecule has 2 atom stereocenters. The maximum atomic E-state index is 12.2. The van der Waals surface area contributed by atoms with Crippen LogP contribution >= 0.6 is 0 Å². The van der Waals surface area contributed by atoms with Crippen LogP contribution in [0.5, 0.6) is 0 Å². The van der Waals surface area contributed by atoms with Gasteiger partial charge in [-0.15, -0.1) is 0 Å². The smallest absolute Gasteiger partial charge is 0.414 e. The Morgan fingerprint density at radius 1 is 1.45 bits per heavy atom. The van der Waals surface area contributed by atoms with Crippen molar-refractivity contribution >= 4 is 12.0 Å². The van der Waals surface area contributed by atoms with E-state index in [1.54, 1.807) is 0 Å². The monoisotopic (exact) mass is 277 g/mol. The zero-order chi connectivity index (χ0) is 14.7. The highest BCUT2D eigenvalue weighted by Crippen LogP contribution is 2.55. The normalized spacial score (nSPS) is 33.6. The number of carbonyl (C=O) groups excluding carboxylic acids is 1. The van der Waals surface area contributed by atoms with Gasteiger partial charge in [0, 0.05) is 5.92 Å². The van der Waals surface area contributed by atoms with Gasteiger partial charge in [0.15, 0.2) is 0 Å². The van der Waals surface area contributed by atoms with Gasteiger partial charge in [-0.25, -0.2) is 9.69 Å². The molecule has 3 aliphatic rings. The number of fused-ring (bicyclic) bond motifs is 2. The number of aliphatic hydroxyl groups is 1. The Bertz CT molecular complexity index is 558. The summed E-state index contributed by atoms with van der Waals surface area (Å²) in [6.45, 7) is 4.24. The number of imide groups is 1. The highest BCUT2D eigenvalue weighted by Gasteiger charge is 2.56. The van der Waals surface area contributed by atoms with E-state index in [4.69, 9.17) is 0 Å². The van der Waals surface area contributed by atoms with E-state index in [1.165, 1.54) is 5.57 Å². The molecule has 0 spiro atoms. The molecule has 0 aromatic rings. The number of amides is 2. The minimum absolute atomic E-state index is 0.0775. The van der Waals surface area contributed by atoms with E-state index >= 15 is 0 Å². The number of allylic oxidation sites excluding steroid dienone is 1. The molecular weight excluding hydrogens is 258 g/mol. The fourth-order valence-corrected chi connectivity index (χ4v) is 4.26. The lowest BCUT2D eigenvalue weighted by Crippen LogP contribution is -2.42. The average molecular weight is 277 g/mol. The molecule has 0 bridgehead atoms. The van der Waals surface area contributed by atoms with Crippen molar-refractivity contribution in [2.45, 2.75) is 45.6 Å². The van der Waals surface area contributed by atoms with Gasteiger partial charge < -0.3 is 10.2 Å². The number of carboxylic acid groups (broad SMARTS) is 1. The maximum Gasteiger partial charge on any atom is 0.414 e. The molecule has 1 fully saturated rings. The van der Waals surface area contributed by atoms with Crippen LogP contribution < -0.4 is 0 Å². The molecule has 5 heteroatoms. The summed E-state index contributed by atoms with van der Waals surface area (Å²) >= 11 is 0. The van der Waals surface area contributed by atoms with E-state index in [9.17, 15) is 19.8 Å². The van der Waals surface area contributed by atoms with Gasteiger partial charge in [-0.1, -0.05) is 19.4 Å². The Kier molecular flexibility index (Phi) is 2.71. The lowest BCUT2D eigenvalue weighted by molar-refractivity contribution is -0.124. The van der Waals surface area contributed by atoms with Crippen molar-refractivity contribution in [2.24, 2.45) is 11.3 Å². The fraction of sp³-hybridized carbons (Fsp3) is 0.600. The first-order valence-electron chi connectivity index (χ1n) is 7.01. The van der Waals surface area contributed by atoms with Gasteiger partial charge in [-0.2, -0.15) is 0 Å². The van der Waals surface area contributed by atoms with E-state index < -0.39 is 18.0 Å². The third kappa shape index (κ3) is 1.55. The number of nitrogens with zero attached hydrogens (tertiary/aromatic N) is 1. The van der Waals surface area contributed by atoms with Gasteiger partial charge in [0.05, 0.1) is 17.9 Å². The minimum atomic E-state index is -1.23. The molecule has 2 aliphatic carbocycles. The van der Waals surface area contributed by atoms with Crippen molar-refractivity contribution in [3.05, 3.63) is 23.0 Å². The van der Waals surface area contributed by atoms with E-state index in [2.05, 4.69) is 13.8 Å². The van der Waals surface area contributed by atoms with Gasteiger partial charge in [0.1, 0.15) is 0 Å². The molecule has 1 saturated heterocycles. The van der Waals surface area contributed by atoms with Crippen molar-refractivity contribution in [3.63, 3.8) is 0 Å². The second kappa shape index (κ2) is 4.11. The predicted octanol–water partition coefficient (Wildman–Crippen LogP) is 2.84. The van der Waals surface area contributed by atoms with Gasteiger partial charge in [0.2, 0.25) is 0 Å². The van der Waals surface area contributed by atoms with E-state index in [-0.39, 0.29) is 16.9 Å². The van der Waals surface area contributed by atoms with Crippen molar-refractivity contribution < 1.29 is 19.8 Å². The maximum absolute atomic E-state index is 12.2. The molecule has 0 aromatic carbocycles. The van der Waals surface area contributed by atoms with Crippen molar-refractivity contribution in [1.82, 2.24) is 4.90 Å². The topological polar surface area (TPSA) is 77.8 Å². The number of rotatable bonds is 0. The molecule has 20 heavy (non-hydrogen) atoms. The molecule has 5 nitrogen and oxygen atoms in total. The van der Waals surface area contributed by atoms with Gasteiger partial charge in [0.25, 0.3) is 5.91 Å². The summed E-state index contributed by atoms with van der Waals surface area (Å²) in [7, 11) is 0. The summed E-state index contributed by atoms with van der Waals surface area (Å²) in [4.78, 5) is 24.6. The molecule has 3 rings (SSSR count). The van der Waals surface area contributed by atoms with Crippen LogP contribution in [0.25, 0.3) is 0 Å². The standard InChI is InChI=1S/C15H19NO4/c1-15(2)5-3-4-8-6-9-10(7-17)13(18)16(14(19)20)12(9)11(8)15/h7,9,12,17H,3-6H2,1-2H3,(H,19,20)/t9-,12+/m1/s1. The largest absolute Gasteiger partial charge is 0.515 e. The first-order chi connectivity index (χ1) is 9.38. The van der Waals surface area contributed by atoms with E-state index in [1.807, 2.05) is 0 Å². The molecule has 2 N–H and O–H groups in total. The number of hydrogen-bond acceptors (Lipinski definition) is 3. The Labute approximate surface area is 117 Å². The molecule has 1 aliphatic heterocycles. The summed E-state index contributed by atoms with van der Waals surface area (Å²) in [6, 6.07) is -0.413. The van der Waals surface area contributed by atoms with Crippen LogP contribution in [0.2, 0.25) is 0 Å².